The standard InChI is InChI=1S/C20H20BrN3O3/c1-2-13-6-8-14(9-7-13)19(26)22-23-20(27)15-10-18(25)24(12-15)17-5-3-4-16(21)11-17/h3-9,11,15H,2,10,12H2,1H3,(H,22,26)(H,23,27). The Bertz CT molecular complexity index is 867. The van der Waals surface area contributed by atoms with E-state index in [4.69, 9.17) is 0 Å². The molecule has 2 N–H and O–H groups in total. The van der Waals surface area contributed by atoms with Crippen LogP contribution in [0, 0.1) is 5.92 Å². The molecule has 7 heteroatoms. The second-order valence-electron chi connectivity index (χ2n) is 6.38. The van der Waals surface area contributed by atoms with Gasteiger partial charge in [-0.2, -0.15) is 0 Å². The molecule has 140 valence electrons. The number of carbonyl (C=O) groups is 3. The van der Waals surface area contributed by atoms with E-state index >= 15 is 0 Å². The van der Waals surface area contributed by atoms with Crippen molar-refractivity contribution < 1.29 is 14.4 Å². The summed E-state index contributed by atoms with van der Waals surface area (Å²) in [6, 6.07) is 14.6. The number of carbonyl (C=O) groups excluding carboxylic acids is 3. The Morgan fingerprint density at radius 2 is 1.89 bits per heavy atom. The van der Waals surface area contributed by atoms with Gasteiger partial charge in [0.25, 0.3) is 5.91 Å². The highest BCUT2D eigenvalue weighted by atomic mass is 79.9. The number of rotatable bonds is 4. The number of benzene rings is 2. The normalized spacial score (nSPS) is 16.3. The lowest BCUT2D eigenvalue weighted by Crippen LogP contribution is -2.45. The van der Waals surface area contributed by atoms with Crippen molar-refractivity contribution in [2.45, 2.75) is 19.8 Å². The predicted octanol–water partition coefficient (Wildman–Crippen LogP) is 2.83. The van der Waals surface area contributed by atoms with Crippen LogP contribution in [0.5, 0.6) is 0 Å². The molecule has 2 aromatic rings. The summed E-state index contributed by atoms with van der Waals surface area (Å²) in [5, 5.41) is 0. The summed E-state index contributed by atoms with van der Waals surface area (Å²) < 4.78 is 0.863. The monoisotopic (exact) mass is 429 g/mol. The van der Waals surface area contributed by atoms with Crippen LogP contribution in [0.2, 0.25) is 0 Å². The number of amides is 3. The minimum Gasteiger partial charge on any atom is -0.312 e. The molecule has 0 bridgehead atoms. The molecule has 1 aliphatic heterocycles. The number of hydrogen-bond donors (Lipinski definition) is 2. The van der Waals surface area contributed by atoms with Crippen molar-refractivity contribution in [1.29, 1.82) is 0 Å². The van der Waals surface area contributed by atoms with Gasteiger partial charge in [0.15, 0.2) is 0 Å². The van der Waals surface area contributed by atoms with Crippen LogP contribution in [0.4, 0.5) is 5.69 Å². The molecule has 1 atom stereocenters. The zero-order valence-corrected chi connectivity index (χ0v) is 16.5. The van der Waals surface area contributed by atoms with Crippen molar-refractivity contribution in [1.82, 2.24) is 10.9 Å². The lowest BCUT2D eigenvalue weighted by Gasteiger charge is -2.17. The molecule has 1 unspecified atom stereocenters. The number of hydrogen-bond acceptors (Lipinski definition) is 3. The topological polar surface area (TPSA) is 78.5 Å². The molecule has 0 radical (unpaired) electrons. The minimum atomic E-state index is -0.515. The molecule has 0 spiro atoms. The lowest BCUT2D eigenvalue weighted by atomic mass is 10.1. The van der Waals surface area contributed by atoms with E-state index in [9.17, 15) is 14.4 Å². The Kier molecular flexibility index (Phi) is 5.91. The maximum absolute atomic E-state index is 12.4. The van der Waals surface area contributed by atoms with E-state index in [1.807, 2.05) is 43.3 Å². The molecular formula is C20H20BrN3O3. The molecule has 1 saturated heterocycles. The maximum atomic E-state index is 12.4. The van der Waals surface area contributed by atoms with Crippen LogP contribution in [0.25, 0.3) is 0 Å². The Morgan fingerprint density at radius 1 is 1.15 bits per heavy atom. The molecule has 27 heavy (non-hydrogen) atoms. The first-order valence-electron chi connectivity index (χ1n) is 8.73. The van der Waals surface area contributed by atoms with Crippen LogP contribution in [0.15, 0.2) is 53.0 Å². The summed E-state index contributed by atoms with van der Waals surface area (Å²) >= 11 is 3.38. The van der Waals surface area contributed by atoms with Gasteiger partial charge in [0.05, 0.1) is 5.92 Å². The molecular weight excluding hydrogens is 410 g/mol. The zero-order valence-electron chi connectivity index (χ0n) is 14.9. The van der Waals surface area contributed by atoms with Crippen LogP contribution in [0.3, 0.4) is 0 Å². The molecule has 1 aliphatic rings. The van der Waals surface area contributed by atoms with E-state index < -0.39 is 5.92 Å². The molecule has 0 aliphatic carbocycles. The zero-order chi connectivity index (χ0) is 19.4. The van der Waals surface area contributed by atoms with Crippen LogP contribution in [-0.2, 0) is 16.0 Å². The SMILES string of the molecule is CCc1ccc(C(=O)NNC(=O)C2CC(=O)N(c3cccc(Br)c3)C2)cc1. The quantitative estimate of drug-likeness (QED) is 0.733. The Balaban J connectivity index is 1.56. The summed E-state index contributed by atoms with van der Waals surface area (Å²) in [7, 11) is 0. The van der Waals surface area contributed by atoms with Gasteiger partial charge in [-0.05, 0) is 42.3 Å². The summed E-state index contributed by atoms with van der Waals surface area (Å²) in [5.74, 6) is -1.40. The fraction of sp³-hybridized carbons (Fsp3) is 0.250. The van der Waals surface area contributed by atoms with E-state index in [-0.39, 0.29) is 30.7 Å². The van der Waals surface area contributed by atoms with Gasteiger partial charge in [0, 0.05) is 28.7 Å². The Labute approximate surface area is 166 Å². The molecule has 1 heterocycles. The maximum Gasteiger partial charge on any atom is 0.269 e. The van der Waals surface area contributed by atoms with Crippen molar-refractivity contribution in [2.75, 3.05) is 11.4 Å². The van der Waals surface area contributed by atoms with E-state index in [2.05, 4.69) is 26.8 Å². The average molecular weight is 430 g/mol. The molecule has 6 nitrogen and oxygen atoms in total. The molecule has 0 aromatic heterocycles. The molecule has 3 amide bonds. The van der Waals surface area contributed by atoms with Crippen LogP contribution >= 0.6 is 15.9 Å². The Morgan fingerprint density at radius 3 is 2.56 bits per heavy atom. The van der Waals surface area contributed by atoms with E-state index in [1.165, 1.54) is 0 Å². The third kappa shape index (κ3) is 4.54. The third-order valence-electron chi connectivity index (χ3n) is 4.54. The smallest absolute Gasteiger partial charge is 0.269 e. The number of hydrazine groups is 1. The van der Waals surface area contributed by atoms with Gasteiger partial charge in [-0.15, -0.1) is 0 Å². The first-order chi connectivity index (χ1) is 13.0. The van der Waals surface area contributed by atoms with Gasteiger partial charge in [-0.25, -0.2) is 0 Å². The fourth-order valence-electron chi connectivity index (χ4n) is 2.96. The number of nitrogens with one attached hydrogen (secondary N) is 2. The second kappa shape index (κ2) is 8.35. The van der Waals surface area contributed by atoms with E-state index in [1.54, 1.807) is 17.0 Å². The second-order valence-corrected chi connectivity index (χ2v) is 7.29. The molecule has 1 fully saturated rings. The van der Waals surface area contributed by atoms with Crippen LogP contribution in [-0.4, -0.2) is 24.3 Å². The minimum absolute atomic E-state index is 0.111. The summed E-state index contributed by atoms with van der Waals surface area (Å²) in [6.45, 7) is 2.32. The van der Waals surface area contributed by atoms with E-state index in [0.29, 0.717) is 5.56 Å². The fourth-order valence-corrected chi connectivity index (χ4v) is 3.35. The van der Waals surface area contributed by atoms with Crippen molar-refractivity contribution in [3.05, 3.63) is 64.1 Å². The number of aryl methyl sites for hydroxylation is 1. The van der Waals surface area contributed by atoms with Gasteiger partial charge in [-0.3, -0.25) is 25.2 Å². The van der Waals surface area contributed by atoms with Crippen molar-refractivity contribution in [3.63, 3.8) is 0 Å². The number of halogens is 1. The highest BCUT2D eigenvalue weighted by Crippen LogP contribution is 2.27. The van der Waals surface area contributed by atoms with Crippen molar-refractivity contribution >= 4 is 39.3 Å². The number of nitrogens with zero attached hydrogens (tertiary/aromatic N) is 1. The van der Waals surface area contributed by atoms with Crippen molar-refractivity contribution in [2.24, 2.45) is 5.92 Å². The average Bonchev–Trinajstić information content (AvgIpc) is 3.07. The first-order valence-corrected chi connectivity index (χ1v) is 9.52. The highest BCUT2D eigenvalue weighted by molar-refractivity contribution is 9.10. The summed E-state index contributed by atoms with van der Waals surface area (Å²) in [6.07, 6.45) is 1.00. The van der Waals surface area contributed by atoms with Gasteiger partial charge in [0.2, 0.25) is 11.8 Å². The van der Waals surface area contributed by atoms with Crippen LogP contribution in [0.1, 0.15) is 29.3 Å². The summed E-state index contributed by atoms with van der Waals surface area (Å²) in [5.41, 5.74) is 7.18. The molecule has 2 aromatic carbocycles. The largest absolute Gasteiger partial charge is 0.312 e. The van der Waals surface area contributed by atoms with Gasteiger partial charge in [-0.1, -0.05) is 41.1 Å². The predicted molar refractivity (Wildman–Crippen MR) is 106 cm³/mol. The van der Waals surface area contributed by atoms with Gasteiger partial charge in [0.1, 0.15) is 0 Å². The molecule has 0 saturated carbocycles. The Hall–Kier alpha value is -2.67. The van der Waals surface area contributed by atoms with Crippen LogP contribution < -0.4 is 15.8 Å². The molecule has 3 rings (SSSR count). The van der Waals surface area contributed by atoms with E-state index in [0.717, 1.165) is 22.1 Å². The van der Waals surface area contributed by atoms with Gasteiger partial charge < -0.3 is 4.90 Å². The summed E-state index contributed by atoms with van der Waals surface area (Å²) in [4.78, 5) is 38.3. The van der Waals surface area contributed by atoms with Gasteiger partial charge >= 0.3 is 0 Å². The third-order valence-corrected chi connectivity index (χ3v) is 5.03. The first kappa shape index (κ1) is 19.1. The number of anilines is 1. The highest BCUT2D eigenvalue weighted by Gasteiger charge is 2.35. The van der Waals surface area contributed by atoms with Crippen molar-refractivity contribution in [3.8, 4) is 0 Å². The lowest BCUT2D eigenvalue weighted by molar-refractivity contribution is -0.126.